The van der Waals surface area contributed by atoms with Crippen molar-refractivity contribution in [3.63, 3.8) is 0 Å². The molecule has 2 rings (SSSR count). The number of pyridine rings is 1. The van der Waals surface area contributed by atoms with Crippen molar-refractivity contribution in [2.75, 3.05) is 0 Å². The van der Waals surface area contributed by atoms with Crippen LogP contribution in [-0.2, 0) is 4.79 Å². The van der Waals surface area contributed by atoms with Crippen LogP contribution < -0.4 is 0 Å². The van der Waals surface area contributed by atoms with Crippen LogP contribution in [0.1, 0.15) is 17.9 Å². The molecule has 1 aliphatic carbocycles. The van der Waals surface area contributed by atoms with Gasteiger partial charge in [-0.15, -0.1) is 0 Å². The lowest BCUT2D eigenvalue weighted by Crippen LogP contribution is -1.98. The third-order valence-corrected chi connectivity index (χ3v) is 2.47. The Kier molecular flexibility index (Phi) is 1.96. The number of halogens is 1. The van der Waals surface area contributed by atoms with E-state index >= 15 is 0 Å². The van der Waals surface area contributed by atoms with Gasteiger partial charge in [-0.25, -0.2) is 0 Å². The molecule has 0 spiro atoms. The largest absolute Gasteiger partial charge is 0.481 e. The maximum absolute atomic E-state index is 10.6. The molecule has 1 aromatic rings. The molecule has 0 aromatic carbocycles. The summed E-state index contributed by atoms with van der Waals surface area (Å²) in [6, 6.07) is 1.78. The summed E-state index contributed by atoms with van der Waals surface area (Å²) in [5.41, 5.74) is 0.930. The Hall–Kier alpha value is -1.09. The van der Waals surface area contributed by atoms with E-state index in [1.165, 1.54) is 0 Å². The minimum Gasteiger partial charge on any atom is -0.481 e. The smallest absolute Gasteiger partial charge is 0.307 e. The highest BCUT2D eigenvalue weighted by Gasteiger charge is 2.44. The summed E-state index contributed by atoms with van der Waals surface area (Å²) in [6.07, 6.45) is 3.93. The van der Waals surface area contributed by atoms with E-state index in [1.807, 2.05) is 0 Å². The van der Waals surface area contributed by atoms with Crippen molar-refractivity contribution in [1.29, 1.82) is 0 Å². The maximum Gasteiger partial charge on any atom is 0.307 e. The molecule has 1 aromatic heterocycles. The van der Waals surface area contributed by atoms with Gasteiger partial charge < -0.3 is 5.11 Å². The van der Waals surface area contributed by atoms with Crippen LogP contribution in [0.15, 0.2) is 18.5 Å². The van der Waals surface area contributed by atoms with Crippen LogP contribution in [0.4, 0.5) is 0 Å². The number of carboxylic acid groups (broad SMARTS) is 1. The van der Waals surface area contributed by atoms with Crippen LogP contribution in [-0.4, -0.2) is 16.1 Å². The number of carbonyl (C=O) groups is 1. The summed E-state index contributed by atoms with van der Waals surface area (Å²) in [5, 5.41) is 9.26. The summed E-state index contributed by atoms with van der Waals surface area (Å²) in [7, 11) is 0. The van der Waals surface area contributed by atoms with Gasteiger partial charge in [-0.3, -0.25) is 9.78 Å². The molecule has 0 bridgehead atoms. The van der Waals surface area contributed by atoms with E-state index in [1.54, 1.807) is 18.5 Å². The number of aromatic nitrogens is 1. The van der Waals surface area contributed by atoms with Gasteiger partial charge in [-0.2, -0.15) is 0 Å². The minimum atomic E-state index is -0.732. The van der Waals surface area contributed by atoms with Crippen molar-refractivity contribution in [3.05, 3.63) is 29.0 Å². The molecule has 0 unspecified atom stereocenters. The minimum absolute atomic E-state index is 0.115. The van der Waals surface area contributed by atoms with Gasteiger partial charge in [0.2, 0.25) is 0 Å². The van der Waals surface area contributed by atoms with Gasteiger partial charge in [-0.1, -0.05) is 11.6 Å². The molecule has 3 nitrogen and oxygen atoms in total. The van der Waals surface area contributed by atoms with Crippen molar-refractivity contribution in [2.45, 2.75) is 12.3 Å². The first kappa shape index (κ1) is 8.51. The van der Waals surface area contributed by atoms with Crippen LogP contribution in [0.25, 0.3) is 0 Å². The Morgan fingerprint density at radius 3 is 2.92 bits per heavy atom. The second-order valence-corrected chi connectivity index (χ2v) is 3.66. The molecule has 13 heavy (non-hydrogen) atoms. The van der Waals surface area contributed by atoms with E-state index in [0.29, 0.717) is 11.4 Å². The maximum atomic E-state index is 10.6. The third kappa shape index (κ3) is 1.65. The molecule has 0 amide bonds. The highest BCUT2D eigenvalue weighted by atomic mass is 35.5. The second-order valence-electron chi connectivity index (χ2n) is 3.22. The molecule has 0 aliphatic heterocycles. The molecule has 1 fully saturated rings. The number of aliphatic carboxylic acids is 1. The summed E-state index contributed by atoms with van der Waals surface area (Å²) in [5.74, 6) is -0.853. The number of hydrogen-bond acceptors (Lipinski definition) is 2. The van der Waals surface area contributed by atoms with Crippen LogP contribution in [0.3, 0.4) is 0 Å². The van der Waals surface area contributed by atoms with Gasteiger partial charge in [0, 0.05) is 12.4 Å². The van der Waals surface area contributed by atoms with Gasteiger partial charge >= 0.3 is 5.97 Å². The van der Waals surface area contributed by atoms with Gasteiger partial charge in [0.05, 0.1) is 10.9 Å². The van der Waals surface area contributed by atoms with Gasteiger partial charge in [0.1, 0.15) is 0 Å². The van der Waals surface area contributed by atoms with E-state index in [9.17, 15) is 4.79 Å². The van der Waals surface area contributed by atoms with E-state index < -0.39 is 5.97 Å². The standard InChI is InChI=1S/C9H8ClNO2/c10-6-1-5(3-11-4-6)7-2-8(7)9(12)13/h1,3-4,7-8H,2H2,(H,12,13)/t7-,8+/m1/s1. The van der Waals surface area contributed by atoms with Crippen molar-refractivity contribution in [3.8, 4) is 0 Å². The molecule has 1 aliphatic rings. The summed E-state index contributed by atoms with van der Waals surface area (Å²) in [4.78, 5) is 14.5. The van der Waals surface area contributed by atoms with Crippen LogP contribution >= 0.6 is 11.6 Å². The predicted molar refractivity (Wildman–Crippen MR) is 47.7 cm³/mol. The molecule has 68 valence electrons. The zero-order valence-corrected chi connectivity index (χ0v) is 7.53. The van der Waals surface area contributed by atoms with E-state index in [2.05, 4.69) is 4.98 Å². The molecule has 1 heterocycles. The van der Waals surface area contributed by atoms with Crippen molar-refractivity contribution < 1.29 is 9.90 Å². The first-order valence-electron chi connectivity index (χ1n) is 4.01. The topological polar surface area (TPSA) is 50.2 Å². The zero-order valence-electron chi connectivity index (χ0n) is 6.77. The first-order chi connectivity index (χ1) is 6.18. The fraction of sp³-hybridized carbons (Fsp3) is 0.333. The fourth-order valence-electron chi connectivity index (χ4n) is 1.47. The summed E-state index contributed by atoms with van der Waals surface area (Å²) in [6.45, 7) is 0. The lowest BCUT2D eigenvalue weighted by atomic mass is 10.1. The Bertz CT molecular complexity index is 353. The summed E-state index contributed by atoms with van der Waals surface area (Å²) < 4.78 is 0. The molecular weight excluding hydrogens is 190 g/mol. The average Bonchev–Trinajstić information content (AvgIpc) is 2.82. The quantitative estimate of drug-likeness (QED) is 0.788. The van der Waals surface area contributed by atoms with Crippen LogP contribution in [0.2, 0.25) is 5.02 Å². The van der Waals surface area contributed by atoms with Crippen molar-refractivity contribution >= 4 is 17.6 Å². The number of hydrogen-bond donors (Lipinski definition) is 1. The molecule has 2 atom stereocenters. The number of nitrogens with zero attached hydrogens (tertiary/aromatic N) is 1. The summed E-state index contributed by atoms with van der Waals surface area (Å²) >= 11 is 5.73. The molecular formula is C9H8ClNO2. The Morgan fingerprint density at radius 1 is 1.62 bits per heavy atom. The first-order valence-corrected chi connectivity index (χ1v) is 4.39. The Morgan fingerprint density at radius 2 is 2.38 bits per heavy atom. The average molecular weight is 198 g/mol. The SMILES string of the molecule is O=C(O)[C@H]1C[C@@H]1c1cncc(Cl)c1. The highest BCUT2D eigenvalue weighted by Crippen LogP contribution is 2.47. The normalized spacial score (nSPS) is 25.6. The van der Waals surface area contributed by atoms with E-state index in [-0.39, 0.29) is 11.8 Å². The lowest BCUT2D eigenvalue weighted by molar-refractivity contribution is -0.138. The second kappa shape index (κ2) is 3.00. The van der Waals surface area contributed by atoms with Crippen LogP contribution in [0.5, 0.6) is 0 Å². The molecule has 1 N–H and O–H groups in total. The Balaban J connectivity index is 2.16. The lowest BCUT2D eigenvalue weighted by Gasteiger charge is -1.97. The third-order valence-electron chi connectivity index (χ3n) is 2.26. The predicted octanol–water partition coefficient (Wildman–Crippen LogP) is 1.92. The van der Waals surface area contributed by atoms with Crippen molar-refractivity contribution in [1.82, 2.24) is 4.98 Å². The van der Waals surface area contributed by atoms with E-state index in [4.69, 9.17) is 16.7 Å². The Labute approximate surface area is 80.4 Å². The fourth-order valence-corrected chi connectivity index (χ4v) is 1.65. The highest BCUT2D eigenvalue weighted by molar-refractivity contribution is 6.30. The molecule has 0 radical (unpaired) electrons. The van der Waals surface area contributed by atoms with Gasteiger partial charge in [-0.05, 0) is 24.0 Å². The number of rotatable bonds is 2. The van der Waals surface area contributed by atoms with E-state index in [0.717, 1.165) is 5.56 Å². The van der Waals surface area contributed by atoms with Gasteiger partial charge in [0.15, 0.2) is 0 Å². The molecule has 1 saturated carbocycles. The van der Waals surface area contributed by atoms with Crippen molar-refractivity contribution in [2.24, 2.45) is 5.92 Å². The molecule has 4 heteroatoms. The zero-order chi connectivity index (χ0) is 9.42. The van der Waals surface area contributed by atoms with Crippen LogP contribution in [0, 0.1) is 5.92 Å². The molecule has 0 saturated heterocycles. The number of carboxylic acids is 1. The monoisotopic (exact) mass is 197 g/mol. The van der Waals surface area contributed by atoms with Gasteiger partial charge in [0.25, 0.3) is 0 Å².